The SMILES string of the molecule is CCNC(=O)N1CC[C@H]2CC(=O)N(CCc3cccc(OC)c3OC)CC[C@H]2C1. The van der Waals surface area contributed by atoms with Crippen molar-refractivity contribution in [3.63, 3.8) is 0 Å². The molecular formula is C22H33N3O4. The molecule has 29 heavy (non-hydrogen) atoms. The van der Waals surface area contributed by atoms with Crippen molar-refractivity contribution in [3.05, 3.63) is 23.8 Å². The number of fused-ring (bicyclic) bond motifs is 1. The van der Waals surface area contributed by atoms with Gasteiger partial charge in [0.25, 0.3) is 0 Å². The van der Waals surface area contributed by atoms with Gasteiger partial charge in [-0.25, -0.2) is 4.79 Å². The van der Waals surface area contributed by atoms with Crippen LogP contribution < -0.4 is 14.8 Å². The first-order valence-corrected chi connectivity index (χ1v) is 10.6. The topological polar surface area (TPSA) is 71.1 Å². The van der Waals surface area contributed by atoms with E-state index in [-0.39, 0.29) is 11.9 Å². The Morgan fingerprint density at radius 2 is 1.97 bits per heavy atom. The van der Waals surface area contributed by atoms with Gasteiger partial charge in [0, 0.05) is 39.1 Å². The summed E-state index contributed by atoms with van der Waals surface area (Å²) in [7, 11) is 3.27. The van der Waals surface area contributed by atoms with Crippen molar-refractivity contribution in [2.75, 3.05) is 46.9 Å². The van der Waals surface area contributed by atoms with E-state index < -0.39 is 0 Å². The van der Waals surface area contributed by atoms with Gasteiger partial charge in [-0.3, -0.25) is 4.79 Å². The van der Waals surface area contributed by atoms with E-state index in [0.717, 1.165) is 50.2 Å². The number of methoxy groups -OCH3 is 2. The van der Waals surface area contributed by atoms with Crippen LogP contribution in [0.15, 0.2) is 18.2 Å². The number of hydrogen-bond donors (Lipinski definition) is 1. The Morgan fingerprint density at radius 3 is 2.69 bits per heavy atom. The number of carbonyl (C=O) groups is 2. The second kappa shape index (κ2) is 9.85. The van der Waals surface area contributed by atoms with E-state index in [1.807, 2.05) is 34.9 Å². The quantitative estimate of drug-likeness (QED) is 0.792. The maximum absolute atomic E-state index is 12.9. The highest BCUT2D eigenvalue weighted by atomic mass is 16.5. The molecule has 2 heterocycles. The molecule has 2 aliphatic rings. The van der Waals surface area contributed by atoms with Crippen molar-refractivity contribution in [2.24, 2.45) is 11.8 Å². The molecule has 2 fully saturated rings. The zero-order chi connectivity index (χ0) is 20.8. The molecule has 160 valence electrons. The number of nitrogens with zero attached hydrogens (tertiary/aromatic N) is 2. The van der Waals surface area contributed by atoms with Gasteiger partial charge in [0.1, 0.15) is 0 Å². The van der Waals surface area contributed by atoms with Gasteiger partial charge in [-0.1, -0.05) is 12.1 Å². The van der Waals surface area contributed by atoms with E-state index in [4.69, 9.17) is 9.47 Å². The molecule has 2 saturated heterocycles. The summed E-state index contributed by atoms with van der Waals surface area (Å²) in [6.45, 7) is 5.48. The van der Waals surface area contributed by atoms with Crippen molar-refractivity contribution in [1.29, 1.82) is 0 Å². The van der Waals surface area contributed by atoms with Crippen molar-refractivity contribution in [3.8, 4) is 11.5 Å². The zero-order valence-electron chi connectivity index (χ0n) is 17.8. The summed E-state index contributed by atoms with van der Waals surface area (Å²) < 4.78 is 10.9. The molecule has 0 saturated carbocycles. The summed E-state index contributed by atoms with van der Waals surface area (Å²) in [6.07, 6.45) is 3.17. The largest absolute Gasteiger partial charge is 0.493 e. The van der Waals surface area contributed by atoms with Crippen LogP contribution in [0.4, 0.5) is 4.79 Å². The Morgan fingerprint density at radius 1 is 1.17 bits per heavy atom. The van der Waals surface area contributed by atoms with Crippen LogP contribution >= 0.6 is 0 Å². The number of benzene rings is 1. The molecule has 1 N–H and O–H groups in total. The van der Waals surface area contributed by atoms with Gasteiger partial charge < -0.3 is 24.6 Å². The molecule has 7 heteroatoms. The van der Waals surface area contributed by atoms with Crippen molar-refractivity contribution in [1.82, 2.24) is 15.1 Å². The minimum Gasteiger partial charge on any atom is -0.493 e. The lowest BCUT2D eigenvalue weighted by Gasteiger charge is -2.37. The number of ether oxygens (including phenoxy) is 2. The van der Waals surface area contributed by atoms with Gasteiger partial charge in [0.2, 0.25) is 5.91 Å². The third-order valence-corrected chi connectivity index (χ3v) is 6.20. The van der Waals surface area contributed by atoms with Crippen molar-refractivity contribution >= 4 is 11.9 Å². The first kappa shape index (κ1) is 21.3. The highest BCUT2D eigenvalue weighted by Gasteiger charge is 2.36. The molecule has 0 spiro atoms. The van der Waals surface area contributed by atoms with Crippen LogP contribution in [0.2, 0.25) is 0 Å². The Bertz CT molecular complexity index is 724. The van der Waals surface area contributed by atoms with Gasteiger partial charge in [-0.2, -0.15) is 0 Å². The first-order chi connectivity index (χ1) is 14.1. The van der Waals surface area contributed by atoms with E-state index in [1.54, 1.807) is 14.2 Å². The fraction of sp³-hybridized carbons (Fsp3) is 0.636. The predicted octanol–water partition coefficient (Wildman–Crippen LogP) is 2.54. The number of amides is 3. The average molecular weight is 404 g/mol. The van der Waals surface area contributed by atoms with Crippen LogP contribution in [-0.2, 0) is 11.2 Å². The molecule has 3 amide bonds. The number of piperidine rings is 1. The fourth-order valence-corrected chi connectivity index (χ4v) is 4.57. The number of para-hydroxylation sites is 1. The number of rotatable bonds is 6. The molecule has 0 radical (unpaired) electrons. The summed E-state index contributed by atoms with van der Waals surface area (Å²) in [5.74, 6) is 2.45. The van der Waals surface area contributed by atoms with Crippen LogP contribution in [0.1, 0.15) is 31.7 Å². The third kappa shape index (κ3) is 4.95. The molecule has 1 aromatic rings. The molecule has 2 aliphatic heterocycles. The average Bonchev–Trinajstić information content (AvgIpc) is 2.89. The van der Waals surface area contributed by atoms with Crippen LogP contribution in [0, 0.1) is 11.8 Å². The summed E-state index contributed by atoms with van der Waals surface area (Å²) >= 11 is 0. The monoisotopic (exact) mass is 403 g/mol. The lowest BCUT2D eigenvalue weighted by atomic mass is 9.82. The normalized spacial score (nSPS) is 22.0. The molecule has 2 atom stereocenters. The first-order valence-electron chi connectivity index (χ1n) is 10.6. The number of likely N-dealkylation sites (tertiary alicyclic amines) is 2. The number of urea groups is 1. The summed E-state index contributed by atoms with van der Waals surface area (Å²) in [6, 6.07) is 5.87. The van der Waals surface area contributed by atoms with Gasteiger partial charge in [-0.05, 0) is 49.7 Å². The van der Waals surface area contributed by atoms with Gasteiger partial charge in [0.15, 0.2) is 11.5 Å². The highest BCUT2D eigenvalue weighted by Crippen LogP contribution is 2.34. The van der Waals surface area contributed by atoms with E-state index in [2.05, 4.69) is 5.32 Å². The number of nitrogens with one attached hydrogen (secondary N) is 1. The summed E-state index contributed by atoms with van der Waals surface area (Å²) in [5, 5.41) is 2.89. The summed E-state index contributed by atoms with van der Waals surface area (Å²) in [5.41, 5.74) is 1.05. The second-order valence-electron chi connectivity index (χ2n) is 7.87. The van der Waals surface area contributed by atoms with Gasteiger partial charge in [0.05, 0.1) is 14.2 Å². The smallest absolute Gasteiger partial charge is 0.317 e. The minimum absolute atomic E-state index is 0.0171. The van der Waals surface area contributed by atoms with Crippen LogP contribution in [0.5, 0.6) is 11.5 Å². The lowest BCUT2D eigenvalue weighted by Crippen LogP contribution is -2.48. The zero-order valence-corrected chi connectivity index (χ0v) is 17.8. The fourth-order valence-electron chi connectivity index (χ4n) is 4.57. The van der Waals surface area contributed by atoms with Crippen LogP contribution in [-0.4, -0.2) is 68.7 Å². The predicted molar refractivity (Wildman–Crippen MR) is 111 cm³/mol. The molecule has 0 aromatic heterocycles. The number of hydrogen-bond acceptors (Lipinski definition) is 4. The minimum atomic E-state index is 0.0171. The van der Waals surface area contributed by atoms with Gasteiger partial charge in [-0.15, -0.1) is 0 Å². The van der Waals surface area contributed by atoms with Crippen molar-refractivity contribution in [2.45, 2.75) is 32.6 Å². The van der Waals surface area contributed by atoms with E-state index >= 15 is 0 Å². The Labute approximate surface area is 173 Å². The Kier molecular flexibility index (Phi) is 7.23. The van der Waals surface area contributed by atoms with Crippen molar-refractivity contribution < 1.29 is 19.1 Å². The number of carbonyl (C=O) groups excluding carboxylic acids is 2. The molecule has 0 aliphatic carbocycles. The molecule has 3 rings (SSSR count). The molecule has 0 bridgehead atoms. The van der Waals surface area contributed by atoms with E-state index in [0.29, 0.717) is 37.1 Å². The molecule has 7 nitrogen and oxygen atoms in total. The third-order valence-electron chi connectivity index (χ3n) is 6.20. The lowest BCUT2D eigenvalue weighted by molar-refractivity contribution is -0.131. The Hall–Kier alpha value is -2.44. The summed E-state index contributed by atoms with van der Waals surface area (Å²) in [4.78, 5) is 28.9. The van der Waals surface area contributed by atoms with Crippen LogP contribution in [0.25, 0.3) is 0 Å². The van der Waals surface area contributed by atoms with Gasteiger partial charge >= 0.3 is 6.03 Å². The van der Waals surface area contributed by atoms with E-state index in [9.17, 15) is 9.59 Å². The second-order valence-corrected chi connectivity index (χ2v) is 7.87. The van der Waals surface area contributed by atoms with E-state index in [1.165, 1.54) is 0 Å². The standard InChI is InChI=1S/C22H33N3O4/c1-4-23-22(27)25-13-9-17-14-20(26)24(12-10-18(17)15-25)11-8-16-6-5-7-19(28-2)21(16)29-3/h5-7,17-18H,4,8-15H2,1-3H3,(H,23,27)/t17-,18-/m0/s1. The molecule has 0 unspecified atom stereocenters. The maximum atomic E-state index is 12.9. The molecular weight excluding hydrogens is 370 g/mol. The Balaban J connectivity index is 1.61. The van der Waals surface area contributed by atoms with Crippen LogP contribution in [0.3, 0.4) is 0 Å². The highest BCUT2D eigenvalue weighted by molar-refractivity contribution is 5.77. The molecule has 1 aromatic carbocycles. The maximum Gasteiger partial charge on any atom is 0.317 e.